The van der Waals surface area contributed by atoms with Crippen LogP contribution in [-0.4, -0.2) is 35.4 Å². The van der Waals surface area contributed by atoms with Gasteiger partial charge in [0, 0.05) is 12.6 Å². The number of anilines is 1. The fourth-order valence-corrected chi connectivity index (χ4v) is 1.66. The SMILES string of the molecule is CN(CC(=O)NC1CC1)Cc1cccc(N)n1. The fraction of sp³-hybridized carbons (Fsp3) is 0.500. The van der Waals surface area contributed by atoms with Gasteiger partial charge in [-0.3, -0.25) is 9.69 Å². The molecular weight excluding hydrogens is 216 g/mol. The zero-order chi connectivity index (χ0) is 12.3. The first-order valence-electron chi connectivity index (χ1n) is 5.83. The zero-order valence-corrected chi connectivity index (χ0v) is 10.0. The molecule has 1 amide bonds. The van der Waals surface area contributed by atoms with E-state index >= 15 is 0 Å². The van der Waals surface area contributed by atoms with Gasteiger partial charge in [0.05, 0.1) is 12.2 Å². The Kier molecular flexibility index (Phi) is 3.58. The van der Waals surface area contributed by atoms with Gasteiger partial charge in [0.1, 0.15) is 5.82 Å². The van der Waals surface area contributed by atoms with Crippen LogP contribution in [0.25, 0.3) is 0 Å². The van der Waals surface area contributed by atoms with Crippen LogP contribution in [0.5, 0.6) is 0 Å². The van der Waals surface area contributed by atoms with Crippen LogP contribution in [0.4, 0.5) is 5.82 Å². The van der Waals surface area contributed by atoms with Crippen LogP contribution in [0.3, 0.4) is 0 Å². The van der Waals surface area contributed by atoms with Crippen LogP contribution < -0.4 is 11.1 Å². The molecule has 1 heterocycles. The summed E-state index contributed by atoms with van der Waals surface area (Å²) in [6.45, 7) is 1.02. The predicted octanol–water partition coefficient (Wildman–Crippen LogP) is 0.374. The second-order valence-corrected chi connectivity index (χ2v) is 4.57. The lowest BCUT2D eigenvalue weighted by Gasteiger charge is -2.15. The molecule has 5 nitrogen and oxygen atoms in total. The molecule has 0 spiro atoms. The summed E-state index contributed by atoms with van der Waals surface area (Å²) in [4.78, 5) is 17.7. The minimum Gasteiger partial charge on any atom is -0.384 e. The van der Waals surface area contributed by atoms with Gasteiger partial charge in [0.25, 0.3) is 0 Å². The van der Waals surface area contributed by atoms with E-state index in [0.29, 0.717) is 24.9 Å². The van der Waals surface area contributed by atoms with Crippen molar-refractivity contribution in [2.75, 3.05) is 19.3 Å². The van der Waals surface area contributed by atoms with Gasteiger partial charge < -0.3 is 11.1 Å². The number of nitrogens with two attached hydrogens (primary N) is 1. The highest BCUT2D eigenvalue weighted by Gasteiger charge is 2.23. The van der Waals surface area contributed by atoms with E-state index in [4.69, 9.17) is 5.73 Å². The van der Waals surface area contributed by atoms with Crippen molar-refractivity contribution in [1.82, 2.24) is 15.2 Å². The average molecular weight is 234 g/mol. The number of likely N-dealkylation sites (N-methyl/N-ethyl adjacent to an activating group) is 1. The van der Waals surface area contributed by atoms with Crippen LogP contribution >= 0.6 is 0 Å². The van der Waals surface area contributed by atoms with Crippen LogP contribution in [-0.2, 0) is 11.3 Å². The first-order chi connectivity index (χ1) is 8.13. The highest BCUT2D eigenvalue weighted by atomic mass is 16.2. The molecule has 1 aliphatic rings. The third-order valence-electron chi connectivity index (χ3n) is 2.62. The molecule has 1 aliphatic carbocycles. The third kappa shape index (κ3) is 4.03. The number of aromatic nitrogens is 1. The lowest BCUT2D eigenvalue weighted by molar-refractivity contribution is -0.122. The minimum atomic E-state index is 0.0823. The van der Waals surface area contributed by atoms with Gasteiger partial charge in [0.2, 0.25) is 5.91 Å². The Hall–Kier alpha value is -1.62. The van der Waals surface area contributed by atoms with Gasteiger partial charge in [-0.1, -0.05) is 6.07 Å². The van der Waals surface area contributed by atoms with Gasteiger partial charge >= 0.3 is 0 Å². The fourth-order valence-electron chi connectivity index (χ4n) is 1.66. The molecule has 3 N–H and O–H groups in total. The van der Waals surface area contributed by atoms with Crippen LogP contribution in [0.1, 0.15) is 18.5 Å². The lowest BCUT2D eigenvalue weighted by atomic mass is 10.3. The maximum atomic E-state index is 11.6. The number of carbonyl (C=O) groups excluding carboxylic acids is 1. The Morgan fingerprint density at radius 3 is 3.00 bits per heavy atom. The normalized spacial score (nSPS) is 14.9. The second-order valence-electron chi connectivity index (χ2n) is 4.57. The van der Waals surface area contributed by atoms with Gasteiger partial charge in [-0.15, -0.1) is 0 Å². The van der Waals surface area contributed by atoms with Crippen LogP contribution in [0, 0.1) is 0 Å². The Morgan fingerprint density at radius 1 is 1.59 bits per heavy atom. The smallest absolute Gasteiger partial charge is 0.234 e. The molecular formula is C12H18N4O. The van der Waals surface area contributed by atoms with Gasteiger partial charge in [0.15, 0.2) is 0 Å². The standard InChI is InChI=1S/C12H18N4O/c1-16(8-12(17)15-9-5-6-9)7-10-3-2-4-11(13)14-10/h2-4,9H,5-8H2,1H3,(H2,13,14)(H,15,17). The zero-order valence-electron chi connectivity index (χ0n) is 10.0. The quantitative estimate of drug-likeness (QED) is 0.772. The highest BCUT2D eigenvalue weighted by Crippen LogP contribution is 2.18. The number of nitrogens with zero attached hydrogens (tertiary/aromatic N) is 2. The summed E-state index contributed by atoms with van der Waals surface area (Å²) in [5.41, 5.74) is 6.48. The molecule has 1 aromatic heterocycles. The minimum absolute atomic E-state index is 0.0823. The molecule has 17 heavy (non-hydrogen) atoms. The van der Waals surface area contributed by atoms with E-state index in [1.165, 1.54) is 0 Å². The second kappa shape index (κ2) is 5.14. The Labute approximate surface area is 101 Å². The summed E-state index contributed by atoms with van der Waals surface area (Å²) in [6.07, 6.45) is 2.23. The van der Waals surface area contributed by atoms with Crippen molar-refractivity contribution in [3.05, 3.63) is 23.9 Å². The predicted molar refractivity (Wildman–Crippen MR) is 66.1 cm³/mol. The van der Waals surface area contributed by atoms with Crippen molar-refractivity contribution >= 4 is 11.7 Å². The number of hydrogen-bond donors (Lipinski definition) is 2. The largest absolute Gasteiger partial charge is 0.384 e. The third-order valence-corrected chi connectivity index (χ3v) is 2.62. The molecule has 0 bridgehead atoms. The number of pyridine rings is 1. The van der Waals surface area contributed by atoms with Gasteiger partial charge in [-0.25, -0.2) is 4.98 Å². The number of hydrogen-bond acceptors (Lipinski definition) is 4. The average Bonchev–Trinajstić information content (AvgIpc) is 3.00. The molecule has 1 saturated carbocycles. The summed E-state index contributed by atoms with van der Waals surface area (Å²) in [5, 5.41) is 2.96. The molecule has 1 fully saturated rings. The number of nitrogens with one attached hydrogen (secondary N) is 1. The van der Waals surface area contributed by atoms with Gasteiger partial charge in [-0.2, -0.15) is 0 Å². The van der Waals surface area contributed by atoms with E-state index in [1.54, 1.807) is 6.07 Å². The lowest BCUT2D eigenvalue weighted by Crippen LogP contribution is -2.36. The first kappa shape index (κ1) is 11.9. The first-order valence-corrected chi connectivity index (χ1v) is 5.83. The number of nitrogen functional groups attached to an aromatic ring is 1. The molecule has 0 atom stereocenters. The number of amides is 1. The van der Waals surface area contributed by atoms with Crippen molar-refractivity contribution in [2.45, 2.75) is 25.4 Å². The Balaban J connectivity index is 1.79. The number of carbonyl (C=O) groups is 1. The molecule has 0 aromatic carbocycles. The summed E-state index contributed by atoms with van der Waals surface area (Å²) < 4.78 is 0. The molecule has 5 heteroatoms. The van der Waals surface area contributed by atoms with Crippen molar-refractivity contribution in [3.8, 4) is 0 Å². The van der Waals surface area contributed by atoms with Crippen molar-refractivity contribution in [2.24, 2.45) is 0 Å². The maximum absolute atomic E-state index is 11.6. The molecule has 0 radical (unpaired) electrons. The van der Waals surface area contributed by atoms with Crippen LogP contribution in [0.15, 0.2) is 18.2 Å². The van der Waals surface area contributed by atoms with Crippen LogP contribution in [0.2, 0.25) is 0 Å². The molecule has 1 aromatic rings. The summed E-state index contributed by atoms with van der Waals surface area (Å²) in [5.74, 6) is 0.595. The highest BCUT2D eigenvalue weighted by molar-refractivity contribution is 5.78. The molecule has 2 rings (SSSR count). The summed E-state index contributed by atoms with van der Waals surface area (Å²) >= 11 is 0. The van der Waals surface area contributed by atoms with E-state index < -0.39 is 0 Å². The van der Waals surface area contributed by atoms with Crippen molar-refractivity contribution in [3.63, 3.8) is 0 Å². The van der Waals surface area contributed by atoms with E-state index in [0.717, 1.165) is 18.5 Å². The van der Waals surface area contributed by atoms with Crippen molar-refractivity contribution < 1.29 is 4.79 Å². The van der Waals surface area contributed by atoms with E-state index in [2.05, 4.69) is 10.3 Å². The Morgan fingerprint density at radius 2 is 2.35 bits per heavy atom. The molecule has 0 aliphatic heterocycles. The van der Waals surface area contributed by atoms with Gasteiger partial charge in [-0.05, 0) is 32.0 Å². The summed E-state index contributed by atoms with van der Waals surface area (Å²) in [6, 6.07) is 5.95. The maximum Gasteiger partial charge on any atom is 0.234 e. The summed E-state index contributed by atoms with van der Waals surface area (Å²) in [7, 11) is 1.90. The molecule has 0 saturated heterocycles. The van der Waals surface area contributed by atoms with E-state index in [-0.39, 0.29) is 5.91 Å². The Bertz CT molecular complexity index is 403. The van der Waals surface area contributed by atoms with E-state index in [9.17, 15) is 4.79 Å². The molecule has 0 unspecified atom stereocenters. The topological polar surface area (TPSA) is 71.2 Å². The number of rotatable bonds is 5. The van der Waals surface area contributed by atoms with Crippen molar-refractivity contribution in [1.29, 1.82) is 0 Å². The van der Waals surface area contributed by atoms with E-state index in [1.807, 2.05) is 24.1 Å². The monoisotopic (exact) mass is 234 g/mol. The molecule has 92 valence electrons.